The number of fused-ring (bicyclic) bond motifs is 1. The van der Waals surface area contributed by atoms with Gasteiger partial charge in [-0.3, -0.25) is 4.79 Å². The summed E-state index contributed by atoms with van der Waals surface area (Å²) in [7, 11) is -3.00. The molecule has 2 rings (SSSR count). The van der Waals surface area contributed by atoms with Gasteiger partial charge >= 0.3 is 5.97 Å². The number of carbonyl (C=O) groups is 1. The van der Waals surface area contributed by atoms with Crippen molar-refractivity contribution in [3.63, 3.8) is 0 Å². The second kappa shape index (κ2) is 4.45. The molecule has 0 aliphatic carbocycles. The molecule has 0 amide bonds. The lowest BCUT2D eigenvalue weighted by atomic mass is 9.98. The van der Waals surface area contributed by atoms with E-state index < -0.39 is 66.3 Å². The molecule has 0 saturated heterocycles. The van der Waals surface area contributed by atoms with Crippen LogP contribution in [-0.4, -0.2) is 18.1 Å². The SMILES string of the molecule is [2H]c1c(C(C)C(=O)O)c([2H])c2c([2H])c([2H])c(OC([2H])([2H])[2H])c([2H])c2c1[2H]. The van der Waals surface area contributed by atoms with Gasteiger partial charge in [-0.1, -0.05) is 24.2 Å². The first-order valence-electron chi connectivity index (χ1n) is 9.24. The normalized spacial score (nSPS) is 20.6. The number of hydrogen-bond donors (Lipinski definition) is 1. The van der Waals surface area contributed by atoms with Crippen LogP contribution in [0.3, 0.4) is 0 Å². The summed E-state index contributed by atoms with van der Waals surface area (Å²) in [4.78, 5) is 11.2. The zero-order chi connectivity index (χ0) is 20.1. The fourth-order valence-electron chi connectivity index (χ4n) is 1.26. The van der Waals surface area contributed by atoms with Gasteiger partial charge < -0.3 is 9.84 Å². The number of methoxy groups -OCH3 is 1. The highest BCUT2D eigenvalue weighted by Crippen LogP contribution is 2.25. The maximum absolute atomic E-state index is 11.2. The highest BCUT2D eigenvalue weighted by molar-refractivity contribution is 5.86. The smallest absolute Gasteiger partial charge is 0.310 e. The van der Waals surface area contributed by atoms with E-state index in [0.717, 1.165) is 0 Å². The van der Waals surface area contributed by atoms with Gasteiger partial charge in [0.2, 0.25) is 0 Å². The number of hydrogen-bond acceptors (Lipinski definition) is 2. The van der Waals surface area contributed by atoms with E-state index >= 15 is 0 Å². The van der Waals surface area contributed by atoms with E-state index in [4.69, 9.17) is 17.4 Å². The Hall–Kier alpha value is -2.03. The molecule has 3 nitrogen and oxygen atoms in total. The summed E-state index contributed by atoms with van der Waals surface area (Å²) in [6.45, 7) is 1.22. The minimum Gasteiger partial charge on any atom is -0.497 e. The Morgan fingerprint density at radius 2 is 2.06 bits per heavy atom. The van der Waals surface area contributed by atoms with Crippen molar-refractivity contribution >= 4 is 16.7 Å². The molecule has 2 aromatic carbocycles. The van der Waals surface area contributed by atoms with E-state index in [9.17, 15) is 4.79 Å². The molecule has 3 heteroatoms. The fourth-order valence-corrected chi connectivity index (χ4v) is 1.26. The van der Waals surface area contributed by atoms with Crippen molar-refractivity contribution in [3.8, 4) is 5.75 Å². The quantitative estimate of drug-likeness (QED) is 0.895. The van der Waals surface area contributed by atoms with Crippen LogP contribution < -0.4 is 4.74 Å². The predicted octanol–water partition coefficient (Wildman–Crippen LogP) is 3.04. The van der Waals surface area contributed by atoms with Gasteiger partial charge in [-0.25, -0.2) is 0 Å². The van der Waals surface area contributed by atoms with E-state index in [0.29, 0.717) is 0 Å². The summed E-state index contributed by atoms with van der Waals surface area (Å²) in [6, 6.07) is -3.94. The molecule has 0 bridgehead atoms. The number of aliphatic carboxylic acids is 1. The van der Waals surface area contributed by atoms with Crippen molar-refractivity contribution < 1.29 is 27.0 Å². The predicted molar refractivity (Wildman–Crippen MR) is 66.6 cm³/mol. The van der Waals surface area contributed by atoms with Crippen molar-refractivity contribution in [3.05, 3.63) is 41.8 Å². The first-order valence-corrected chi connectivity index (χ1v) is 4.74. The Morgan fingerprint density at radius 1 is 1.35 bits per heavy atom. The van der Waals surface area contributed by atoms with Crippen LogP contribution >= 0.6 is 0 Å². The summed E-state index contributed by atoms with van der Waals surface area (Å²) in [5.74, 6) is -3.41. The van der Waals surface area contributed by atoms with Gasteiger partial charge in [-0.15, -0.1) is 0 Å². The molecule has 2 aromatic rings. The lowest BCUT2D eigenvalue weighted by Crippen LogP contribution is -2.06. The van der Waals surface area contributed by atoms with Crippen molar-refractivity contribution in [1.29, 1.82) is 0 Å². The topological polar surface area (TPSA) is 46.5 Å². The summed E-state index contributed by atoms with van der Waals surface area (Å²) >= 11 is 0. The van der Waals surface area contributed by atoms with Gasteiger partial charge in [0.1, 0.15) is 5.75 Å². The number of benzene rings is 2. The van der Waals surface area contributed by atoms with Crippen molar-refractivity contribution in [2.45, 2.75) is 12.8 Å². The minimum atomic E-state index is -3.00. The van der Waals surface area contributed by atoms with Crippen molar-refractivity contribution in [2.75, 3.05) is 7.04 Å². The zero-order valence-corrected chi connectivity index (χ0v) is 8.84. The number of ether oxygens (including phenoxy) is 1. The van der Waals surface area contributed by atoms with E-state index in [2.05, 4.69) is 4.74 Å². The van der Waals surface area contributed by atoms with Crippen LogP contribution in [0.1, 0.15) is 30.7 Å². The van der Waals surface area contributed by atoms with Crippen LogP contribution in [0.2, 0.25) is 0 Å². The average Bonchev–Trinajstić information content (AvgIpc) is 2.51. The summed E-state index contributed by atoms with van der Waals surface area (Å²) < 4.78 is 74.2. The third kappa shape index (κ3) is 2.23. The number of carboxylic acids is 1. The van der Waals surface area contributed by atoms with E-state index in [1.54, 1.807) is 0 Å². The molecule has 0 spiro atoms. The van der Waals surface area contributed by atoms with Gasteiger partial charge in [0, 0.05) is 0 Å². The van der Waals surface area contributed by atoms with Crippen LogP contribution in [0.5, 0.6) is 5.75 Å². The largest absolute Gasteiger partial charge is 0.497 e. The van der Waals surface area contributed by atoms with Crippen molar-refractivity contribution in [2.24, 2.45) is 0 Å². The van der Waals surface area contributed by atoms with Gasteiger partial charge in [0.05, 0.1) is 25.3 Å². The summed E-state index contributed by atoms with van der Waals surface area (Å²) in [5, 5.41) is 8.41. The minimum absolute atomic E-state index is 0.313. The second-order valence-corrected chi connectivity index (χ2v) is 3.40. The molecule has 0 aliphatic rings. The Balaban J connectivity index is 3.02. The van der Waals surface area contributed by atoms with E-state index in [1.807, 2.05) is 0 Å². The lowest BCUT2D eigenvalue weighted by molar-refractivity contribution is -0.138. The zero-order valence-electron chi connectivity index (χ0n) is 17.8. The summed E-state index contributed by atoms with van der Waals surface area (Å²) in [6.07, 6.45) is 0. The second-order valence-electron chi connectivity index (χ2n) is 3.40. The Kier molecular flexibility index (Phi) is 1.23. The molecule has 1 unspecified atom stereocenters. The lowest BCUT2D eigenvalue weighted by Gasteiger charge is -2.08. The molecule has 0 aromatic heterocycles. The maximum atomic E-state index is 11.2. The third-order valence-electron chi connectivity index (χ3n) is 2.28. The third-order valence-corrected chi connectivity index (χ3v) is 2.28. The van der Waals surface area contributed by atoms with Crippen molar-refractivity contribution in [1.82, 2.24) is 0 Å². The molecule has 0 radical (unpaired) electrons. The maximum Gasteiger partial charge on any atom is 0.310 e. The molecular weight excluding hydrogens is 216 g/mol. The van der Waals surface area contributed by atoms with Crippen LogP contribution in [0.4, 0.5) is 0 Å². The van der Waals surface area contributed by atoms with Gasteiger partial charge in [0.15, 0.2) is 0 Å². The number of rotatable bonds is 3. The average molecular weight is 239 g/mol. The molecule has 0 aliphatic heterocycles. The fraction of sp³-hybridized carbons (Fsp3) is 0.214. The molecule has 1 atom stereocenters. The molecule has 17 heavy (non-hydrogen) atoms. The highest BCUT2D eigenvalue weighted by Gasteiger charge is 2.13. The number of carboxylic acid groups (broad SMARTS) is 1. The standard InChI is InChI=1S/C14H14O3/c1-9(14(15)16)10-3-4-12-8-13(17-2)6-5-11(12)7-10/h3-9H,1-2H3,(H,15,16)/i2D3,3D,4D,5D,6D,7D,8D. The Bertz CT molecular complexity index is 921. The van der Waals surface area contributed by atoms with Crippen LogP contribution in [0.15, 0.2) is 36.3 Å². The van der Waals surface area contributed by atoms with E-state index in [-0.39, 0.29) is 10.9 Å². The molecule has 88 valence electrons. The molecule has 1 N–H and O–H groups in total. The van der Waals surface area contributed by atoms with Gasteiger partial charge in [-0.2, -0.15) is 0 Å². The van der Waals surface area contributed by atoms with Crippen LogP contribution in [0, 0.1) is 0 Å². The van der Waals surface area contributed by atoms with Gasteiger partial charge in [-0.05, 0) is 35.3 Å². The first kappa shape index (κ1) is 4.69. The van der Waals surface area contributed by atoms with Gasteiger partial charge in [0.25, 0.3) is 0 Å². The van der Waals surface area contributed by atoms with E-state index in [1.165, 1.54) is 6.92 Å². The molecular formula is C14H14O3. The Morgan fingerprint density at radius 3 is 2.76 bits per heavy atom. The Labute approximate surface area is 112 Å². The molecule has 0 saturated carbocycles. The van der Waals surface area contributed by atoms with Crippen LogP contribution in [0.25, 0.3) is 10.8 Å². The monoisotopic (exact) mass is 239 g/mol. The first-order chi connectivity index (χ1) is 11.8. The molecule has 0 fully saturated rings. The summed E-state index contributed by atoms with van der Waals surface area (Å²) in [5.41, 5.74) is -0.313. The molecule has 0 heterocycles. The highest BCUT2D eigenvalue weighted by atomic mass is 16.5. The van der Waals surface area contributed by atoms with Crippen LogP contribution in [-0.2, 0) is 4.79 Å².